The van der Waals surface area contributed by atoms with E-state index in [2.05, 4.69) is 18.0 Å². The van der Waals surface area contributed by atoms with E-state index in [9.17, 15) is 9.59 Å². The Morgan fingerprint density at radius 1 is 1.41 bits per heavy atom. The van der Waals surface area contributed by atoms with Crippen LogP contribution in [0.1, 0.15) is 31.0 Å². The number of methoxy groups -OCH3 is 1. The van der Waals surface area contributed by atoms with Gasteiger partial charge in [-0.1, -0.05) is 25.1 Å². The number of hydrogen-bond acceptors (Lipinski definition) is 4. The molecule has 1 amide bonds. The summed E-state index contributed by atoms with van der Waals surface area (Å²) in [6.45, 7) is 2.71. The molecule has 4 aliphatic heterocycles. The van der Waals surface area contributed by atoms with Crippen molar-refractivity contribution in [3.63, 3.8) is 0 Å². The molecule has 5 unspecified atom stereocenters. The van der Waals surface area contributed by atoms with Gasteiger partial charge in [0.25, 0.3) is 0 Å². The molecule has 1 aliphatic carbocycles. The number of esters is 1. The van der Waals surface area contributed by atoms with Crippen LogP contribution in [0.5, 0.6) is 0 Å². The first kappa shape index (κ1) is 15.7. The number of piperidine rings is 2. The molecule has 140 valence electrons. The van der Waals surface area contributed by atoms with Crippen molar-refractivity contribution in [3.8, 4) is 0 Å². The lowest BCUT2D eigenvalue weighted by Gasteiger charge is -2.54. The minimum Gasteiger partial charge on any atom is -0.468 e. The zero-order valence-electron chi connectivity index (χ0n) is 15.5. The van der Waals surface area contributed by atoms with Gasteiger partial charge in [0, 0.05) is 23.1 Å². The highest BCUT2D eigenvalue weighted by molar-refractivity contribution is 5.96. The molecule has 1 saturated carbocycles. The number of aromatic amines is 1. The van der Waals surface area contributed by atoms with Crippen LogP contribution < -0.4 is 0 Å². The molecule has 4 fully saturated rings. The van der Waals surface area contributed by atoms with Gasteiger partial charge in [0.05, 0.1) is 19.1 Å². The standard InChI is InChI=1S/C21H22N2O4/c1-3-21-16(27-21)13-10-20(19(25)26-2)15-12(8-9-23(17(13)24)18(20)21)11-6-4-5-7-14(11)22-15/h4-7,13,16,18,22H,3,8-10H2,1-2H3. The molecule has 6 heteroatoms. The summed E-state index contributed by atoms with van der Waals surface area (Å²) in [4.78, 5) is 32.0. The number of ether oxygens (including phenoxy) is 2. The molecule has 3 saturated heterocycles. The summed E-state index contributed by atoms with van der Waals surface area (Å²) in [5.74, 6) is -0.390. The van der Waals surface area contributed by atoms with Crippen molar-refractivity contribution in [1.82, 2.24) is 9.88 Å². The Hall–Kier alpha value is -2.34. The number of fused-ring (bicyclic) bond motifs is 3. The quantitative estimate of drug-likeness (QED) is 0.651. The second kappa shape index (κ2) is 4.73. The van der Waals surface area contributed by atoms with Crippen LogP contribution in [-0.4, -0.2) is 53.2 Å². The Kier molecular flexibility index (Phi) is 2.75. The molecule has 5 atom stereocenters. The Labute approximate surface area is 156 Å². The number of nitrogens with one attached hydrogen (secondary N) is 1. The van der Waals surface area contributed by atoms with Gasteiger partial charge in [-0.2, -0.15) is 0 Å². The number of aromatic nitrogens is 1. The molecular weight excluding hydrogens is 344 g/mol. The summed E-state index contributed by atoms with van der Waals surface area (Å²) in [7, 11) is 1.45. The lowest BCUT2D eigenvalue weighted by atomic mass is 9.56. The lowest BCUT2D eigenvalue weighted by molar-refractivity contribution is -0.168. The fraction of sp³-hybridized carbons (Fsp3) is 0.524. The Bertz CT molecular complexity index is 1010. The lowest BCUT2D eigenvalue weighted by Crippen LogP contribution is -2.73. The predicted octanol–water partition coefficient (Wildman–Crippen LogP) is 1.91. The van der Waals surface area contributed by atoms with E-state index in [-0.39, 0.29) is 29.9 Å². The van der Waals surface area contributed by atoms with Gasteiger partial charge in [0.2, 0.25) is 5.91 Å². The molecule has 4 bridgehead atoms. The van der Waals surface area contributed by atoms with Gasteiger partial charge in [-0.15, -0.1) is 0 Å². The monoisotopic (exact) mass is 366 g/mol. The van der Waals surface area contributed by atoms with Crippen molar-refractivity contribution in [2.45, 2.75) is 49.3 Å². The molecule has 7 rings (SSSR count). The zero-order chi connectivity index (χ0) is 18.6. The third kappa shape index (κ3) is 1.55. The molecular formula is C21H22N2O4. The third-order valence-electron chi connectivity index (χ3n) is 7.48. The maximum absolute atomic E-state index is 13.4. The number of nitrogens with zero attached hydrogens (tertiary/aromatic N) is 1. The van der Waals surface area contributed by atoms with E-state index in [1.165, 1.54) is 7.11 Å². The van der Waals surface area contributed by atoms with Crippen LogP contribution in [0, 0.1) is 5.92 Å². The average Bonchev–Trinajstić information content (AvgIpc) is 3.37. The molecule has 5 heterocycles. The first-order valence-corrected chi connectivity index (χ1v) is 9.75. The number of hydrogen-bond donors (Lipinski definition) is 1. The molecule has 1 N–H and O–H groups in total. The summed E-state index contributed by atoms with van der Waals surface area (Å²) in [5, 5.41) is 1.13. The van der Waals surface area contributed by atoms with Crippen LogP contribution in [0.3, 0.4) is 0 Å². The number of benzene rings is 1. The fourth-order valence-electron chi connectivity index (χ4n) is 6.42. The largest absolute Gasteiger partial charge is 0.468 e. The first-order chi connectivity index (χ1) is 13.1. The maximum Gasteiger partial charge on any atom is 0.320 e. The predicted molar refractivity (Wildman–Crippen MR) is 97.2 cm³/mol. The summed E-state index contributed by atoms with van der Waals surface area (Å²) >= 11 is 0. The highest BCUT2D eigenvalue weighted by Gasteiger charge is 2.81. The number of H-pyrrole nitrogens is 1. The molecule has 27 heavy (non-hydrogen) atoms. The van der Waals surface area contributed by atoms with Crippen LogP contribution in [0.2, 0.25) is 0 Å². The topological polar surface area (TPSA) is 74.9 Å². The molecule has 1 aromatic heterocycles. The van der Waals surface area contributed by atoms with Crippen molar-refractivity contribution < 1.29 is 19.1 Å². The van der Waals surface area contributed by atoms with E-state index >= 15 is 0 Å². The van der Waals surface area contributed by atoms with Crippen LogP contribution >= 0.6 is 0 Å². The summed E-state index contributed by atoms with van der Waals surface area (Å²) in [6, 6.07) is 7.85. The summed E-state index contributed by atoms with van der Waals surface area (Å²) in [6.07, 6.45) is 1.93. The number of amides is 1. The van der Waals surface area contributed by atoms with E-state index in [1.807, 2.05) is 23.1 Å². The Balaban J connectivity index is 1.69. The van der Waals surface area contributed by atoms with Gasteiger partial charge in [-0.05, 0) is 30.9 Å². The number of para-hydroxylation sites is 1. The molecule has 5 aliphatic rings. The summed E-state index contributed by atoms with van der Waals surface area (Å²) in [5.41, 5.74) is 1.79. The Morgan fingerprint density at radius 2 is 2.22 bits per heavy atom. The number of carbonyl (C=O) groups is 2. The number of carbonyl (C=O) groups excluding carboxylic acids is 2. The highest BCUT2D eigenvalue weighted by atomic mass is 16.6. The van der Waals surface area contributed by atoms with Gasteiger partial charge in [0.1, 0.15) is 17.1 Å². The van der Waals surface area contributed by atoms with Gasteiger partial charge in [-0.25, -0.2) is 0 Å². The van der Waals surface area contributed by atoms with Crippen molar-refractivity contribution in [2.24, 2.45) is 5.92 Å². The average molecular weight is 366 g/mol. The van der Waals surface area contributed by atoms with Crippen molar-refractivity contribution in [3.05, 3.63) is 35.5 Å². The van der Waals surface area contributed by atoms with Crippen LogP contribution in [-0.2, 0) is 30.9 Å². The second-order valence-electron chi connectivity index (χ2n) is 8.33. The summed E-state index contributed by atoms with van der Waals surface area (Å²) < 4.78 is 11.6. The molecule has 2 aromatic rings. The second-order valence-corrected chi connectivity index (χ2v) is 8.33. The maximum atomic E-state index is 13.4. The van der Waals surface area contributed by atoms with E-state index in [4.69, 9.17) is 9.47 Å². The van der Waals surface area contributed by atoms with Crippen LogP contribution in [0.25, 0.3) is 10.9 Å². The number of epoxide rings is 1. The van der Waals surface area contributed by atoms with Gasteiger partial charge >= 0.3 is 5.97 Å². The molecule has 1 aromatic carbocycles. The van der Waals surface area contributed by atoms with Crippen molar-refractivity contribution in [2.75, 3.05) is 13.7 Å². The van der Waals surface area contributed by atoms with E-state index < -0.39 is 11.0 Å². The highest BCUT2D eigenvalue weighted by Crippen LogP contribution is 2.65. The number of rotatable bonds is 2. The minimum absolute atomic E-state index is 0.0556. The van der Waals surface area contributed by atoms with Gasteiger partial charge < -0.3 is 19.4 Å². The molecule has 0 radical (unpaired) electrons. The minimum atomic E-state index is -0.888. The van der Waals surface area contributed by atoms with E-state index in [1.54, 1.807) is 0 Å². The zero-order valence-corrected chi connectivity index (χ0v) is 15.5. The molecule has 0 spiro atoms. The Morgan fingerprint density at radius 3 is 3.00 bits per heavy atom. The van der Waals surface area contributed by atoms with Crippen LogP contribution in [0.4, 0.5) is 0 Å². The third-order valence-corrected chi connectivity index (χ3v) is 7.48. The SMILES string of the molecule is CCC12OC1C1CC3(C(=O)OC)c4[nH]c5ccccc5c4CCN(C1=O)C32. The van der Waals surface area contributed by atoms with Gasteiger partial charge in [0.15, 0.2) is 0 Å². The normalized spacial score (nSPS) is 38.4. The van der Waals surface area contributed by atoms with E-state index in [0.29, 0.717) is 13.0 Å². The smallest absolute Gasteiger partial charge is 0.320 e. The van der Waals surface area contributed by atoms with Crippen LogP contribution in [0.15, 0.2) is 24.3 Å². The van der Waals surface area contributed by atoms with Crippen molar-refractivity contribution >= 4 is 22.8 Å². The first-order valence-electron chi connectivity index (χ1n) is 9.75. The van der Waals surface area contributed by atoms with E-state index in [0.717, 1.165) is 35.0 Å². The molecule has 6 nitrogen and oxygen atoms in total. The fourth-order valence-corrected chi connectivity index (χ4v) is 6.42. The van der Waals surface area contributed by atoms with Crippen molar-refractivity contribution in [1.29, 1.82) is 0 Å². The van der Waals surface area contributed by atoms with Gasteiger partial charge in [-0.3, -0.25) is 9.59 Å².